The summed E-state index contributed by atoms with van der Waals surface area (Å²) in [6, 6.07) is 4.94. The molecule has 1 saturated carbocycles. The van der Waals surface area contributed by atoms with Gasteiger partial charge >= 0.3 is 6.03 Å². The van der Waals surface area contributed by atoms with Gasteiger partial charge in [0.1, 0.15) is 17.8 Å². The molecule has 2 aromatic rings. The van der Waals surface area contributed by atoms with Crippen molar-refractivity contribution in [1.29, 1.82) is 0 Å². The van der Waals surface area contributed by atoms with Crippen molar-refractivity contribution in [3.63, 3.8) is 0 Å². The highest BCUT2D eigenvalue weighted by Crippen LogP contribution is 2.35. The number of anilines is 1. The van der Waals surface area contributed by atoms with E-state index in [1.165, 1.54) is 11.3 Å². The first-order chi connectivity index (χ1) is 12.5. The topological polar surface area (TPSA) is 101 Å². The van der Waals surface area contributed by atoms with Crippen LogP contribution in [0.4, 0.5) is 9.93 Å². The van der Waals surface area contributed by atoms with Crippen molar-refractivity contribution in [2.75, 3.05) is 19.0 Å². The van der Waals surface area contributed by atoms with Gasteiger partial charge < -0.3 is 15.4 Å². The Hall–Kier alpha value is -2.68. The number of hydrogen-bond donors (Lipinski definition) is 2. The molecule has 1 spiro atoms. The van der Waals surface area contributed by atoms with Crippen LogP contribution in [0.1, 0.15) is 25.7 Å². The van der Waals surface area contributed by atoms with Gasteiger partial charge in [-0.05, 0) is 31.0 Å². The number of urea groups is 1. The molecule has 26 heavy (non-hydrogen) atoms. The fraction of sp³-hybridized carbons (Fsp3) is 0.412. The number of carbonyl (C=O) groups excluding carboxylic acids is 3. The minimum Gasteiger partial charge on any atom is -0.497 e. The molecule has 0 bridgehead atoms. The van der Waals surface area contributed by atoms with Crippen LogP contribution in [-0.4, -0.2) is 46.9 Å². The molecule has 1 saturated heterocycles. The van der Waals surface area contributed by atoms with Crippen molar-refractivity contribution in [2.24, 2.45) is 0 Å². The highest BCUT2D eigenvalue weighted by Gasteiger charge is 2.52. The largest absolute Gasteiger partial charge is 0.497 e. The summed E-state index contributed by atoms with van der Waals surface area (Å²) in [6.07, 6.45) is 3.08. The molecule has 4 rings (SSSR count). The van der Waals surface area contributed by atoms with E-state index in [0.29, 0.717) is 23.7 Å². The molecule has 0 radical (unpaired) electrons. The lowest BCUT2D eigenvalue weighted by atomic mass is 9.98. The van der Waals surface area contributed by atoms with E-state index >= 15 is 0 Å². The Morgan fingerprint density at radius 2 is 2.15 bits per heavy atom. The number of imide groups is 1. The summed E-state index contributed by atoms with van der Waals surface area (Å²) < 4.78 is 6.05. The number of hydrogen-bond acceptors (Lipinski definition) is 6. The average Bonchev–Trinajstić information content (AvgIpc) is 3.29. The van der Waals surface area contributed by atoms with Crippen LogP contribution in [0.25, 0.3) is 10.2 Å². The van der Waals surface area contributed by atoms with Crippen LogP contribution >= 0.6 is 11.3 Å². The normalized spacial score (nSPS) is 18.6. The molecule has 9 heteroatoms. The first kappa shape index (κ1) is 16.8. The van der Waals surface area contributed by atoms with Crippen molar-refractivity contribution < 1.29 is 19.1 Å². The number of amides is 4. The summed E-state index contributed by atoms with van der Waals surface area (Å²) >= 11 is 1.31. The molecule has 2 aliphatic rings. The minimum absolute atomic E-state index is 0.302. The molecule has 4 amide bonds. The van der Waals surface area contributed by atoms with Gasteiger partial charge in [0, 0.05) is 0 Å². The zero-order valence-corrected chi connectivity index (χ0v) is 15.0. The van der Waals surface area contributed by atoms with Gasteiger partial charge in [-0.15, -0.1) is 0 Å². The van der Waals surface area contributed by atoms with E-state index in [2.05, 4.69) is 15.6 Å². The maximum atomic E-state index is 12.6. The zero-order valence-electron chi connectivity index (χ0n) is 14.2. The van der Waals surface area contributed by atoms with Crippen LogP contribution < -0.4 is 15.4 Å². The number of fused-ring (bicyclic) bond motifs is 1. The van der Waals surface area contributed by atoms with Crippen LogP contribution in [-0.2, 0) is 9.59 Å². The Morgan fingerprint density at radius 1 is 1.38 bits per heavy atom. The molecule has 2 N–H and O–H groups in total. The minimum atomic E-state index is -0.802. The van der Waals surface area contributed by atoms with Gasteiger partial charge in [0.2, 0.25) is 5.91 Å². The van der Waals surface area contributed by atoms with Gasteiger partial charge in [-0.1, -0.05) is 24.2 Å². The molecule has 0 atom stereocenters. The maximum absolute atomic E-state index is 12.6. The van der Waals surface area contributed by atoms with E-state index in [1.54, 1.807) is 13.2 Å². The third-order valence-corrected chi connectivity index (χ3v) is 5.78. The lowest BCUT2D eigenvalue weighted by molar-refractivity contribution is -0.133. The third kappa shape index (κ3) is 2.78. The molecule has 1 aromatic heterocycles. The lowest BCUT2D eigenvalue weighted by Crippen LogP contribution is -2.44. The number of carbonyl (C=O) groups is 3. The maximum Gasteiger partial charge on any atom is 0.325 e. The molecule has 1 aliphatic carbocycles. The number of nitrogens with one attached hydrogen (secondary N) is 2. The van der Waals surface area contributed by atoms with Crippen molar-refractivity contribution in [3.05, 3.63) is 18.2 Å². The van der Waals surface area contributed by atoms with E-state index in [9.17, 15) is 14.4 Å². The standard InChI is InChI=1S/C17H18N4O4S/c1-25-10-4-5-11-12(8-10)26-15(18-11)19-13(22)9-21-14(23)17(20-16(21)24)6-2-3-7-17/h4-5,8H,2-3,6-7,9H2,1H3,(H,20,24)(H,18,19,22). The van der Waals surface area contributed by atoms with Gasteiger partial charge in [-0.25, -0.2) is 9.78 Å². The van der Waals surface area contributed by atoms with Crippen molar-refractivity contribution in [2.45, 2.75) is 31.2 Å². The average molecular weight is 374 g/mol. The Kier molecular flexibility index (Phi) is 4.03. The monoisotopic (exact) mass is 374 g/mol. The van der Waals surface area contributed by atoms with Gasteiger partial charge in [0.05, 0.1) is 17.3 Å². The Balaban J connectivity index is 1.45. The summed E-state index contributed by atoms with van der Waals surface area (Å²) in [5.74, 6) is -0.0426. The number of ether oxygens (including phenoxy) is 1. The number of nitrogens with zero attached hydrogens (tertiary/aromatic N) is 2. The molecule has 1 aliphatic heterocycles. The predicted molar refractivity (Wildman–Crippen MR) is 96.2 cm³/mol. The summed E-state index contributed by atoms with van der Waals surface area (Å²) in [5, 5.41) is 5.85. The number of rotatable bonds is 4. The SMILES string of the molecule is COc1ccc2nc(NC(=O)CN3C(=O)NC4(CCCC4)C3=O)sc2c1. The Morgan fingerprint density at radius 3 is 2.88 bits per heavy atom. The first-order valence-electron chi connectivity index (χ1n) is 8.39. The third-order valence-electron chi connectivity index (χ3n) is 4.85. The molecule has 8 nitrogen and oxygen atoms in total. The van der Waals surface area contributed by atoms with E-state index in [4.69, 9.17) is 4.74 Å². The van der Waals surface area contributed by atoms with E-state index in [-0.39, 0.29) is 12.5 Å². The van der Waals surface area contributed by atoms with Crippen LogP contribution in [0, 0.1) is 0 Å². The van der Waals surface area contributed by atoms with E-state index < -0.39 is 17.5 Å². The van der Waals surface area contributed by atoms with Crippen molar-refractivity contribution >= 4 is 44.5 Å². The second-order valence-corrected chi connectivity index (χ2v) is 7.54. The number of aromatic nitrogens is 1. The smallest absolute Gasteiger partial charge is 0.325 e. The molecule has 2 fully saturated rings. The van der Waals surface area contributed by atoms with E-state index in [0.717, 1.165) is 28.0 Å². The van der Waals surface area contributed by atoms with Crippen LogP contribution in [0.2, 0.25) is 0 Å². The lowest BCUT2D eigenvalue weighted by Gasteiger charge is -2.19. The Bertz CT molecular complexity index is 903. The second kappa shape index (κ2) is 6.24. The molecule has 2 heterocycles. The fourth-order valence-electron chi connectivity index (χ4n) is 3.53. The summed E-state index contributed by atoms with van der Waals surface area (Å²) in [5.41, 5.74) is -0.0601. The summed E-state index contributed by atoms with van der Waals surface area (Å²) in [4.78, 5) is 42.4. The van der Waals surface area contributed by atoms with Gasteiger partial charge in [-0.3, -0.25) is 14.5 Å². The summed E-state index contributed by atoms with van der Waals surface area (Å²) in [7, 11) is 1.58. The second-order valence-electron chi connectivity index (χ2n) is 6.51. The van der Waals surface area contributed by atoms with Crippen LogP contribution in [0.5, 0.6) is 5.75 Å². The molecule has 0 unspecified atom stereocenters. The molecular weight excluding hydrogens is 356 g/mol. The first-order valence-corrected chi connectivity index (χ1v) is 9.21. The zero-order chi connectivity index (χ0) is 18.3. The molecule has 136 valence electrons. The highest BCUT2D eigenvalue weighted by atomic mass is 32.1. The van der Waals surface area contributed by atoms with Gasteiger partial charge in [0.15, 0.2) is 5.13 Å². The Labute approximate surface area is 153 Å². The van der Waals surface area contributed by atoms with Crippen LogP contribution in [0.3, 0.4) is 0 Å². The van der Waals surface area contributed by atoms with Crippen molar-refractivity contribution in [3.8, 4) is 5.75 Å². The van der Waals surface area contributed by atoms with E-state index in [1.807, 2.05) is 12.1 Å². The fourth-order valence-corrected chi connectivity index (χ4v) is 4.44. The number of thiazole rings is 1. The van der Waals surface area contributed by atoms with Gasteiger partial charge in [-0.2, -0.15) is 0 Å². The van der Waals surface area contributed by atoms with Crippen molar-refractivity contribution in [1.82, 2.24) is 15.2 Å². The van der Waals surface area contributed by atoms with Crippen LogP contribution in [0.15, 0.2) is 18.2 Å². The molecule has 1 aromatic carbocycles. The summed E-state index contributed by atoms with van der Waals surface area (Å²) in [6.45, 7) is -0.314. The highest BCUT2D eigenvalue weighted by molar-refractivity contribution is 7.22. The van der Waals surface area contributed by atoms with Gasteiger partial charge in [0.25, 0.3) is 5.91 Å². The quantitative estimate of drug-likeness (QED) is 0.799. The predicted octanol–water partition coefficient (Wildman–Crippen LogP) is 2.11. The number of methoxy groups -OCH3 is 1. The number of benzene rings is 1. The molecular formula is C17H18N4O4S.